The number of carbonyl (C=O) groups is 2. The van der Waals surface area contributed by atoms with Crippen molar-refractivity contribution in [2.45, 2.75) is 31.8 Å². The van der Waals surface area contributed by atoms with E-state index in [0.29, 0.717) is 11.1 Å². The van der Waals surface area contributed by atoms with Crippen LogP contribution in [0.3, 0.4) is 0 Å². The molecule has 4 N–H and O–H groups in total. The molecule has 2 aromatic carbocycles. The summed E-state index contributed by atoms with van der Waals surface area (Å²) in [7, 11) is 0. The Morgan fingerprint density at radius 1 is 1.14 bits per heavy atom. The van der Waals surface area contributed by atoms with Crippen LogP contribution >= 0.6 is 0 Å². The van der Waals surface area contributed by atoms with Crippen molar-refractivity contribution < 1.29 is 9.59 Å². The summed E-state index contributed by atoms with van der Waals surface area (Å²) in [5.74, 6) is -0.657. The molecule has 0 spiro atoms. The summed E-state index contributed by atoms with van der Waals surface area (Å²) in [6, 6.07) is 14.2. The highest BCUT2D eigenvalue weighted by Gasteiger charge is 2.26. The van der Waals surface area contributed by atoms with Gasteiger partial charge in [-0.25, -0.2) is 0 Å². The fourth-order valence-corrected chi connectivity index (χ4v) is 3.64. The highest BCUT2D eigenvalue weighted by Crippen LogP contribution is 2.27. The molecule has 1 unspecified atom stereocenters. The van der Waals surface area contributed by atoms with Gasteiger partial charge in [0.1, 0.15) is 0 Å². The number of amides is 2. The average Bonchev–Trinajstić information content (AvgIpc) is 3.52. The second-order valence-corrected chi connectivity index (χ2v) is 7.71. The molecule has 146 valence electrons. The summed E-state index contributed by atoms with van der Waals surface area (Å²) in [5.41, 5.74) is 9.77. The number of piperazine rings is 1. The van der Waals surface area contributed by atoms with Gasteiger partial charge in [0.05, 0.1) is 5.56 Å². The van der Waals surface area contributed by atoms with Gasteiger partial charge in [-0.1, -0.05) is 29.8 Å². The molecule has 1 aliphatic carbocycles. The normalized spacial score (nSPS) is 19.3. The molecule has 6 heteroatoms. The molecule has 1 saturated heterocycles. The Kier molecular flexibility index (Phi) is 5.05. The molecule has 2 amide bonds. The lowest BCUT2D eigenvalue weighted by molar-refractivity contribution is 0.0951. The van der Waals surface area contributed by atoms with Crippen molar-refractivity contribution in [2.75, 3.05) is 24.5 Å². The molecular formula is C22H26N4O2. The van der Waals surface area contributed by atoms with Crippen molar-refractivity contribution in [1.29, 1.82) is 0 Å². The van der Waals surface area contributed by atoms with E-state index in [2.05, 4.69) is 46.7 Å². The van der Waals surface area contributed by atoms with E-state index >= 15 is 0 Å². The van der Waals surface area contributed by atoms with Crippen molar-refractivity contribution in [2.24, 2.45) is 5.73 Å². The minimum absolute atomic E-state index is 0.144. The molecule has 1 heterocycles. The van der Waals surface area contributed by atoms with Crippen LogP contribution in [-0.2, 0) is 0 Å². The standard InChI is InChI=1S/C22H26N4O2/c1-14-2-4-15(5-3-14)19-13-26(11-10-24-19)20-9-6-16(12-18(20)21(23)27)22(28)25-17-7-8-17/h2-6,9,12,17,19,24H,7-8,10-11,13H2,1H3,(H2,23,27)(H,25,28). The largest absolute Gasteiger partial charge is 0.368 e. The summed E-state index contributed by atoms with van der Waals surface area (Å²) in [4.78, 5) is 26.6. The van der Waals surface area contributed by atoms with Gasteiger partial charge in [-0.2, -0.15) is 0 Å². The highest BCUT2D eigenvalue weighted by atomic mass is 16.2. The maximum absolute atomic E-state index is 12.3. The first-order valence-corrected chi connectivity index (χ1v) is 9.81. The van der Waals surface area contributed by atoms with Crippen molar-refractivity contribution in [3.8, 4) is 0 Å². The van der Waals surface area contributed by atoms with Gasteiger partial charge in [-0.3, -0.25) is 9.59 Å². The van der Waals surface area contributed by atoms with E-state index in [4.69, 9.17) is 5.73 Å². The average molecular weight is 378 g/mol. The summed E-state index contributed by atoms with van der Waals surface area (Å²) >= 11 is 0. The monoisotopic (exact) mass is 378 g/mol. The summed E-state index contributed by atoms with van der Waals surface area (Å²) < 4.78 is 0. The predicted molar refractivity (Wildman–Crippen MR) is 110 cm³/mol. The summed E-state index contributed by atoms with van der Waals surface area (Å²) in [5, 5.41) is 6.49. The molecule has 0 radical (unpaired) electrons. The molecule has 1 saturated carbocycles. The fourth-order valence-electron chi connectivity index (χ4n) is 3.64. The first-order chi connectivity index (χ1) is 13.5. The van der Waals surface area contributed by atoms with Gasteiger partial charge in [-0.15, -0.1) is 0 Å². The molecule has 0 aromatic heterocycles. The van der Waals surface area contributed by atoms with Crippen LogP contribution in [0.2, 0.25) is 0 Å². The third-order valence-corrected chi connectivity index (χ3v) is 5.43. The first kappa shape index (κ1) is 18.5. The zero-order chi connectivity index (χ0) is 19.7. The predicted octanol–water partition coefficient (Wildman–Crippen LogP) is 2.14. The molecule has 1 atom stereocenters. The van der Waals surface area contributed by atoms with E-state index in [0.717, 1.165) is 38.2 Å². The number of benzene rings is 2. The van der Waals surface area contributed by atoms with Crippen LogP contribution in [0.5, 0.6) is 0 Å². The number of nitrogens with one attached hydrogen (secondary N) is 2. The Morgan fingerprint density at radius 2 is 1.89 bits per heavy atom. The lowest BCUT2D eigenvalue weighted by Gasteiger charge is -2.36. The third kappa shape index (κ3) is 4.02. The summed E-state index contributed by atoms with van der Waals surface area (Å²) in [6.07, 6.45) is 2.04. The van der Waals surface area contributed by atoms with Crippen LogP contribution in [0.25, 0.3) is 0 Å². The number of primary amides is 1. The number of hydrogen-bond donors (Lipinski definition) is 3. The first-order valence-electron chi connectivity index (χ1n) is 9.81. The van der Waals surface area contributed by atoms with E-state index in [1.165, 1.54) is 11.1 Å². The quantitative estimate of drug-likeness (QED) is 0.744. The molecule has 0 bridgehead atoms. The lowest BCUT2D eigenvalue weighted by atomic mass is 10.0. The smallest absolute Gasteiger partial charge is 0.251 e. The Bertz CT molecular complexity index is 890. The van der Waals surface area contributed by atoms with Crippen molar-refractivity contribution in [3.63, 3.8) is 0 Å². The number of nitrogens with two attached hydrogens (primary N) is 1. The van der Waals surface area contributed by atoms with Crippen LogP contribution in [-0.4, -0.2) is 37.5 Å². The van der Waals surface area contributed by atoms with Gasteiger partial charge in [0, 0.05) is 43.0 Å². The minimum Gasteiger partial charge on any atom is -0.368 e. The van der Waals surface area contributed by atoms with E-state index in [-0.39, 0.29) is 18.0 Å². The topological polar surface area (TPSA) is 87.5 Å². The number of carbonyl (C=O) groups excluding carboxylic acids is 2. The van der Waals surface area contributed by atoms with E-state index in [1.54, 1.807) is 12.1 Å². The van der Waals surface area contributed by atoms with Gasteiger partial charge in [0.25, 0.3) is 11.8 Å². The second-order valence-electron chi connectivity index (χ2n) is 7.71. The number of hydrogen-bond acceptors (Lipinski definition) is 4. The van der Waals surface area contributed by atoms with Gasteiger partial charge in [0.2, 0.25) is 0 Å². The molecule has 2 aliphatic rings. The molecule has 2 aromatic rings. The molecular weight excluding hydrogens is 352 g/mol. The van der Waals surface area contributed by atoms with Crippen LogP contribution in [0.4, 0.5) is 5.69 Å². The van der Waals surface area contributed by atoms with Gasteiger partial charge in [-0.05, 0) is 43.5 Å². The van der Waals surface area contributed by atoms with Crippen LogP contribution in [0.1, 0.15) is 50.7 Å². The minimum atomic E-state index is -0.513. The number of rotatable bonds is 5. The molecule has 1 aliphatic heterocycles. The number of nitrogens with zero attached hydrogens (tertiary/aromatic N) is 1. The van der Waals surface area contributed by atoms with Crippen molar-refractivity contribution in [1.82, 2.24) is 10.6 Å². The van der Waals surface area contributed by atoms with Gasteiger partial charge in [0.15, 0.2) is 0 Å². The molecule has 2 fully saturated rings. The molecule has 4 rings (SSSR count). The van der Waals surface area contributed by atoms with Gasteiger partial charge < -0.3 is 21.3 Å². The summed E-state index contributed by atoms with van der Waals surface area (Å²) in [6.45, 7) is 4.39. The Hall–Kier alpha value is -2.86. The fraction of sp³-hybridized carbons (Fsp3) is 0.364. The zero-order valence-corrected chi connectivity index (χ0v) is 16.1. The Morgan fingerprint density at radius 3 is 2.57 bits per heavy atom. The SMILES string of the molecule is Cc1ccc(C2CN(c3ccc(C(=O)NC4CC4)cc3C(N)=O)CCN2)cc1. The van der Waals surface area contributed by atoms with Crippen LogP contribution in [0.15, 0.2) is 42.5 Å². The van der Waals surface area contributed by atoms with Crippen LogP contribution in [0, 0.1) is 6.92 Å². The highest BCUT2D eigenvalue weighted by molar-refractivity contribution is 6.03. The van der Waals surface area contributed by atoms with Crippen molar-refractivity contribution in [3.05, 3.63) is 64.7 Å². The van der Waals surface area contributed by atoms with E-state index < -0.39 is 5.91 Å². The Labute approximate surface area is 165 Å². The van der Waals surface area contributed by atoms with E-state index in [9.17, 15) is 9.59 Å². The molecule has 6 nitrogen and oxygen atoms in total. The van der Waals surface area contributed by atoms with Gasteiger partial charge >= 0.3 is 0 Å². The second kappa shape index (κ2) is 7.64. The zero-order valence-electron chi connectivity index (χ0n) is 16.1. The van der Waals surface area contributed by atoms with Crippen LogP contribution < -0.4 is 21.3 Å². The maximum Gasteiger partial charge on any atom is 0.251 e. The maximum atomic E-state index is 12.3. The number of aryl methyl sites for hydroxylation is 1. The number of anilines is 1. The molecule has 28 heavy (non-hydrogen) atoms. The lowest BCUT2D eigenvalue weighted by Crippen LogP contribution is -2.46. The van der Waals surface area contributed by atoms with Crippen molar-refractivity contribution >= 4 is 17.5 Å². The Balaban J connectivity index is 1.57. The van der Waals surface area contributed by atoms with E-state index in [1.807, 2.05) is 6.07 Å². The third-order valence-electron chi connectivity index (χ3n) is 5.43.